The maximum Gasteiger partial charge on any atom is 0.166 e. The largest absolute Gasteiger partial charge is 0.385 e. The molecule has 1 aromatic heterocycles. The molecule has 0 saturated carbocycles. The smallest absolute Gasteiger partial charge is 0.166 e. The summed E-state index contributed by atoms with van der Waals surface area (Å²) in [6.45, 7) is 2.42. The number of methoxy groups -OCH3 is 1. The Bertz CT molecular complexity index is 304. The molecular weight excluding hydrogens is 238 g/mol. The number of nitrogens with zero attached hydrogens (tertiary/aromatic N) is 2. The zero-order valence-electron chi connectivity index (χ0n) is 10.0. The normalized spacial score (nSPS) is 10.2. The van der Waals surface area contributed by atoms with E-state index in [-0.39, 0.29) is 0 Å². The molecule has 0 aliphatic heterocycles. The summed E-state index contributed by atoms with van der Waals surface area (Å²) in [5.74, 6) is 0.908. The third-order valence-corrected chi connectivity index (χ3v) is 2.44. The molecule has 1 heterocycles. The van der Waals surface area contributed by atoms with Gasteiger partial charge < -0.3 is 15.4 Å². The highest BCUT2D eigenvalue weighted by Gasteiger charge is 1.97. The van der Waals surface area contributed by atoms with Crippen molar-refractivity contribution >= 4 is 17.3 Å². The summed E-state index contributed by atoms with van der Waals surface area (Å²) in [7, 11) is 1.69. The van der Waals surface area contributed by atoms with E-state index in [1.54, 1.807) is 7.11 Å². The third kappa shape index (κ3) is 6.85. The van der Waals surface area contributed by atoms with E-state index in [0.29, 0.717) is 5.11 Å². The molecule has 0 radical (unpaired) electrons. The monoisotopic (exact) mass is 257 g/mol. The molecule has 17 heavy (non-hydrogen) atoms. The summed E-state index contributed by atoms with van der Waals surface area (Å²) in [5.41, 5.74) is 0. The van der Waals surface area contributed by atoms with Crippen LogP contribution in [0, 0.1) is 0 Å². The molecule has 96 valence electrons. The van der Waals surface area contributed by atoms with Crippen molar-refractivity contribution in [2.75, 3.05) is 26.8 Å². The van der Waals surface area contributed by atoms with E-state index in [2.05, 4.69) is 25.8 Å². The van der Waals surface area contributed by atoms with Crippen molar-refractivity contribution in [3.63, 3.8) is 0 Å². The Morgan fingerprint density at radius 2 is 2.18 bits per heavy atom. The second-order valence-corrected chi connectivity index (χ2v) is 3.97. The van der Waals surface area contributed by atoms with E-state index >= 15 is 0 Å². The minimum atomic E-state index is 0.693. The van der Waals surface area contributed by atoms with Gasteiger partial charge in [0.25, 0.3) is 0 Å². The molecule has 1 aromatic rings. The molecule has 0 aliphatic carbocycles. The maximum absolute atomic E-state index is 5.12. The van der Waals surface area contributed by atoms with Crippen LogP contribution in [0.5, 0.6) is 0 Å². The molecule has 1 rings (SSSR count). The fourth-order valence-corrected chi connectivity index (χ4v) is 1.49. The Hall–Kier alpha value is -1.21. The van der Waals surface area contributed by atoms with Crippen LogP contribution in [0.4, 0.5) is 0 Å². The van der Waals surface area contributed by atoms with E-state index in [9.17, 15) is 0 Å². The summed E-state index contributed by atoms with van der Waals surface area (Å²) in [6.07, 6.45) is 4.31. The van der Waals surface area contributed by atoms with Gasteiger partial charge in [0, 0.05) is 33.2 Å². The molecule has 0 aromatic carbocycles. The van der Waals surface area contributed by atoms with Crippen molar-refractivity contribution in [3.8, 4) is 0 Å². The number of aromatic nitrogens is 3. The lowest BCUT2D eigenvalue weighted by Gasteiger charge is -2.09. The van der Waals surface area contributed by atoms with Crippen LogP contribution < -0.4 is 10.6 Å². The highest BCUT2D eigenvalue weighted by molar-refractivity contribution is 7.80. The van der Waals surface area contributed by atoms with E-state index in [1.165, 1.54) is 6.33 Å². The van der Waals surface area contributed by atoms with Gasteiger partial charge in [-0.15, -0.1) is 0 Å². The van der Waals surface area contributed by atoms with Gasteiger partial charge in [-0.2, -0.15) is 5.10 Å². The Labute approximate surface area is 107 Å². The molecule has 0 saturated heterocycles. The van der Waals surface area contributed by atoms with E-state index in [4.69, 9.17) is 17.0 Å². The first-order valence-corrected chi connectivity index (χ1v) is 6.08. The fraction of sp³-hybridized carbons (Fsp3) is 0.700. The number of nitrogens with one attached hydrogen (secondary N) is 3. The molecule has 0 unspecified atom stereocenters. The highest BCUT2D eigenvalue weighted by Crippen LogP contribution is 1.91. The minimum absolute atomic E-state index is 0.693. The highest BCUT2D eigenvalue weighted by atomic mass is 32.1. The van der Waals surface area contributed by atoms with Crippen LogP contribution >= 0.6 is 12.2 Å². The second kappa shape index (κ2) is 8.89. The van der Waals surface area contributed by atoms with E-state index in [1.807, 2.05) is 0 Å². The van der Waals surface area contributed by atoms with Gasteiger partial charge in [0.1, 0.15) is 12.2 Å². The number of hydrogen-bond acceptors (Lipinski definition) is 4. The van der Waals surface area contributed by atoms with Crippen molar-refractivity contribution in [1.29, 1.82) is 0 Å². The SMILES string of the molecule is COCCCNC(=S)NCCCc1ncn[nH]1. The zero-order valence-corrected chi connectivity index (χ0v) is 10.8. The number of rotatable bonds is 8. The average molecular weight is 257 g/mol. The first-order chi connectivity index (χ1) is 8.33. The standard InChI is InChI=1S/C10H19N5OS/c1-16-7-3-6-12-10(17)11-5-2-4-9-13-8-14-15-9/h8H,2-7H2,1H3,(H2,11,12,17)(H,13,14,15). The number of aromatic amines is 1. The number of hydrogen-bond donors (Lipinski definition) is 3. The lowest BCUT2D eigenvalue weighted by atomic mass is 10.3. The average Bonchev–Trinajstić information content (AvgIpc) is 2.83. The lowest BCUT2D eigenvalue weighted by Crippen LogP contribution is -2.36. The Morgan fingerprint density at radius 1 is 1.41 bits per heavy atom. The van der Waals surface area contributed by atoms with Crippen LogP contribution in [-0.2, 0) is 11.2 Å². The first kappa shape index (κ1) is 13.9. The van der Waals surface area contributed by atoms with Crippen LogP contribution in [0.3, 0.4) is 0 Å². The van der Waals surface area contributed by atoms with Gasteiger partial charge in [0.15, 0.2) is 5.11 Å². The molecule has 6 nitrogen and oxygen atoms in total. The number of thiocarbonyl (C=S) groups is 1. The van der Waals surface area contributed by atoms with Crippen LogP contribution in [0.15, 0.2) is 6.33 Å². The molecule has 0 bridgehead atoms. The Morgan fingerprint density at radius 3 is 2.82 bits per heavy atom. The van der Waals surface area contributed by atoms with Crippen molar-refractivity contribution in [2.24, 2.45) is 0 Å². The Kier molecular flexibility index (Phi) is 7.24. The molecule has 0 atom stereocenters. The summed E-state index contributed by atoms with van der Waals surface area (Å²) in [6, 6.07) is 0. The molecule has 0 fully saturated rings. The molecule has 0 spiro atoms. The lowest BCUT2D eigenvalue weighted by molar-refractivity contribution is 0.195. The third-order valence-electron chi connectivity index (χ3n) is 2.15. The van der Waals surface area contributed by atoms with E-state index < -0.39 is 0 Å². The van der Waals surface area contributed by atoms with E-state index in [0.717, 1.165) is 44.8 Å². The number of ether oxygens (including phenoxy) is 1. The molecule has 3 N–H and O–H groups in total. The van der Waals surface area contributed by atoms with Gasteiger partial charge in [-0.25, -0.2) is 4.98 Å². The molecular formula is C10H19N5OS. The van der Waals surface area contributed by atoms with Crippen molar-refractivity contribution in [2.45, 2.75) is 19.3 Å². The van der Waals surface area contributed by atoms with Crippen LogP contribution in [0.2, 0.25) is 0 Å². The van der Waals surface area contributed by atoms with Crippen molar-refractivity contribution in [1.82, 2.24) is 25.8 Å². The van der Waals surface area contributed by atoms with Crippen LogP contribution in [0.1, 0.15) is 18.7 Å². The maximum atomic E-state index is 5.12. The zero-order chi connectivity index (χ0) is 12.3. The van der Waals surface area contributed by atoms with Gasteiger partial charge in [-0.1, -0.05) is 0 Å². The van der Waals surface area contributed by atoms with Crippen LogP contribution in [0.25, 0.3) is 0 Å². The summed E-state index contributed by atoms with van der Waals surface area (Å²) in [4.78, 5) is 4.05. The Balaban J connectivity index is 1.93. The molecule has 0 amide bonds. The molecule has 0 aliphatic rings. The molecule has 7 heteroatoms. The van der Waals surface area contributed by atoms with Gasteiger partial charge in [0.05, 0.1) is 0 Å². The van der Waals surface area contributed by atoms with Gasteiger partial charge >= 0.3 is 0 Å². The quantitative estimate of drug-likeness (QED) is 0.457. The predicted molar refractivity (Wildman–Crippen MR) is 69.8 cm³/mol. The minimum Gasteiger partial charge on any atom is -0.385 e. The van der Waals surface area contributed by atoms with Gasteiger partial charge in [0.2, 0.25) is 0 Å². The van der Waals surface area contributed by atoms with Gasteiger partial charge in [-0.3, -0.25) is 5.10 Å². The fourth-order valence-electron chi connectivity index (χ4n) is 1.29. The summed E-state index contributed by atoms with van der Waals surface area (Å²) >= 11 is 5.12. The predicted octanol–water partition coefficient (Wildman–Crippen LogP) is 0.238. The van der Waals surface area contributed by atoms with Crippen molar-refractivity contribution in [3.05, 3.63) is 12.2 Å². The number of aryl methyl sites for hydroxylation is 1. The summed E-state index contributed by atoms with van der Waals surface area (Å²) in [5, 5.41) is 13.6. The number of H-pyrrole nitrogens is 1. The summed E-state index contributed by atoms with van der Waals surface area (Å²) < 4.78 is 4.94. The first-order valence-electron chi connectivity index (χ1n) is 5.68. The topological polar surface area (TPSA) is 74.9 Å². The van der Waals surface area contributed by atoms with Crippen LogP contribution in [-0.4, -0.2) is 47.1 Å². The second-order valence-electron chi connectivity index (χ2n) is 3.56. The van der Waals surface area contributed by atoms with Gasteiger partial charge in [-0.05, 0) is 25.1 Å². The van der Waals surface area contributed by atoms with Crippen molar-refractivity contribution < 1.29 is 4.74 Å².